The number of aliphatic hydroxyl groups excluding tert-OH is 1. The van der Waals surface area contributed by atoms with E-state index in [0.29, 0.717) is 0 Å². The average molecular weight is 164 g/mol. The van der Waals surface area contributed by atoms with Gasteiger partial charge < -0.3 is 32.1 Å². The Hall–Kier alpha value is -0.730. The molecule has 0 aliphatic carbocycles. The van der Waals surface area contributed by atoms with Crippen LogP contribution in [0.25, 0.3) is 0 Å². The smallest absolute Gasteiger partial charge is 0.300 e. The van der Waals surface area contributed by atoms with Crippen LogP contribution in [0.4, 0.5) is 0 Å². The van der Waals surface area contributed by atoms with Gasteiger partial charge in [-0.05, 0) is 0 Å². The lowest BCUT2D eigenvalue weighted by atomic mass is 10.9. The van der Waals surface area contributed by atoms with E-state index in [4.69, 9.17) is 15.0 Å². The van der Waals surface area contributed by atoms with Gasteiger partial charge in [-0.25, -0.2) is 0 Å². The van der Waals surface area contributed by atoms with E-state index in [1.54, 1.807) is 0 Å². The summed E-state index contributed by atoms with van der Waals surface area (Å²) < 4.78 is 0. The van der Waals surface area contributed by atoms with Gasteiger partial charge in [-0.15, -0.1) is 0 Å². The van der Waals surface area contributed by atoms with Crippen molar-refractivity contribution in [3.8, 4) is 0 Å². The van der Waals surface area contributed by atoms with E-state index >= 15 is 0 Å². The van der Waals surface area contributed by atoms with Gasteiger partial charge in [-0.1, -0.05) is 0 Å². The topological polar surface area (TPSA) is 184 Å². The van der Waals surface area contributed by atoms with Crippen molar-refractivity contribution < 1.29 is 36.9 Å². The Morgan fingerprint density at radius 2 is 1.00 bits per heavy atom. The molecule has 0 fully saturated rings. The van der Waals surface area contributed by atoms with Gasteiger partial charge in [0.2, 0.25) is 0 Å². The van der Waals surface area contributed by atoms with Crippen molar-refractivity contribution in [2.45, 2.75) is 6.92 Å². The van der Waals surface area contributed by atoms with E-state index < -0.39 is 5.97 Å². The Kier molecular flexibility index (Phi) is 503. The summed E-state index contributed by atoms with van der Waals surface area (Å²) in [6.45, 7) is 1.08. The van der Waals surface area contributed by atoms with Crippen LogP contribution in [0.1, 0.15) is 6.92 Å². The van der Waals surface area contributed by atoms with Crippen molar-refractivity contribution in [3.63, 3.8) is 0 Å². The summed E-state index contributed by atoms with van der Waals surface area (Å²) in [6, 6.07) is 0. The molecule has 0 saturated heterocycles. The normalized spacial score (nSPS) is 3.10. The average Bonchev–Trinajstić information content (AvgIpc) is 1.41. The first-order valence-electron chi connectivity index (χ1n) is 1.37. The van der Waals surface area contributed by atoms with Crippen LogP contribution in [0.15, 0.2) is 0 Å². The molecule has 10 N–H and O–H groups in total. The van der Waals surface area contributed by atoms with Crippen LogP contribution in [0.5, 0.6) is 0 Å². The molecule has 0 aliphatic rings. The first-order chi connectivity index (χ1) is 2.73. The monoisotopic (exact) mass is 164 g/mol. The molecular formula is C3H16O7. The predicted octanol–water partition coefficient (Wildman–Crippen LogP) is -3.60. The van der Waals surface area contributed by atoms with Crippen molar-refractivity contribution in [3.05, 3.63) is 0 Å². The number of carboxylic acid groups (broad SMARTS) is 1. The van der Waals surface area contributed by atoms with Crippen LogP contribution in [0, 0.1) is 0 Å². The highest BCUT2D eigenvalue weighted by Gasteiger charge is 1.65. The molecule has 7 heteroatoms. The van der Waals surface area contributed by atoms with Crippen LogP contribution in [0.2, 0.25) is 0 Å². The third-order valence-electron chi connectivity index (χ3n) is 0. The van der Waals surface area contributed by atoms with E-state index in [0.717, 1.165) is 14.0 Å². The number of carbonyl (C=O) groups is 1. The van der Waals surface area contributed by atoms with E-state index in [9.17, 15) is 0 Å². The minimum Gasteiger partial charge on any atom is -0.481 e. The summed E-state index contributed by atoms with van der Waals surface area (Å²) in [6.07, 6.45) is 0. The molecule has 0 aromatic rings. The Morgan fingerprint density at radius 1 is 1.00 bits per heavy atom. The molecule has 0 amide bonds. The second-order valence-electron chi connectivity index (χ2n) is 0.519. The molecule has 0 unspecified atom stereocenters. The summed E-state index contributed by atoms with van der Waals surface area (Å²) in [4.78, 5) is 9.00. The Bertz CT molecular complexity index is 31.8. The molecule has 0 rings (SSSR count). The largest absolute Gasteiger partial charge is 0.481 e. The quantitative estimate of drug-likeness (QED) is 0.375. The van der Waals surface area contributed by atoms with Crippen molar-refractivity contribution in [2.75, 3.05) is 7.11 Å². The zero-order chi connectivity index (χ0) is 5.58. The zero-order valence-corrected chi connectivity index (χ0v) is 5.80. The van der Waals surface area contributed by atoms with Gasteiger partial charge in [0.05, 0.1) is 0 Å². The number of aliphatic carboxylic acids is 1. The SMILES string of the molecule is CC(=O)O.CO.O.O.O.O. The minimum absolute atomic E-state index is 0. The third kappa shape index (κ3) is 536. The van der Waals surface area contributed by atoms with Crippen molar-refractivity contribution in [1.82, 2.24) is 0 Å². The highest BCUT2D eigenvalue weighted by Crippen LogP contribution is 1.42. The number of aliphatic hydroxyl groups is 1. The number of rotatable bonds is 0. The summed E-state index contributed by atoms with van der Waals surface area (Å²) in [5.41, 5.74) is 0. The number of hydrogen-bond donors (Lipinski definition) is 2. The maximum Gasteiger partial charge on any atom is 0.300 e. The molecule has 0 saturated carbocycles. The molecule has 7 nitrogen and oxygen atoms in total. The van der Waals surface area contributed by atoms with E-state index in [2.05, 4.69) is 0 Å². The summed E-state index contributed by atoms with van der Waals surface area (Å²) in [7, 11) is 1.00. The maximum absolute atomic E-state index is 9.00. The highest BCUT2D eigenvalue weighted by atomic mass is 16.4. The lowest BCUT2D eigenvalue weighted by Gasteiger charge is -1.59. The molecule has 0 aromatic heterocycles. The fourth-order valence-electron chi connectivity index (χ4n) is 0. The molecule has 10 heavy (non-hydrogen) atoms. The molecule has 0 aliphatic heterocycles. The third-order valence-corrected chi connectivity index (χ3v) is 0. The zero-order valence-electron chi connectivity index (χ0n) is 5.80. The Balaban J connectivity index is -0.00000000625. The van der Waals surface area contributed by atoms with Gasteiger partial charge in [0, 0.05) is 14.0 Å². The van der Waals surface area contributed by atoms with Gasteiger partial charge in [0.1, 0.15) is 0 Å². The van der Waals surface area contributed by atoms with Gasteiger partial charge in [0.15, 0.2) is 0 Å². The molecule has 0 bridgehead atoms. The second kappa shape index (κ2) is 84.8. The molecule has 0 aromatic carbocycles. The standard InChI is InChI=1S/C2H4O2.CH4O.4H2O/c1-2(3)4;1-2;;;;/h1H3,(H,3,4);2H,1H3;4*1H2. The van der Waals surface area contributed by atoms with Crippen molar-refractivity contribution in [1.29, 1.82) is 0 Å². The van der Waals surface area contributed by atoms with Gasteiger partial charge >= 0.3 is 0 Å². The lowest BCUT2D eigenvalue weighted by molar-refractivity contribution is -0.134. The predicted molar refractivity (Wildman–Crippen MR) is 35.9 cm³/mol. The molecule has 70 valence electrons. The molecule has 0 atom stereocenters. The van der Waals surface area contributed by atoms with Gasteiger partial charge in [-0.3, -0.25) is 4.79 Å². The van der Waals surface area contributed by atoms with Crippen LogP contribution in [0.3, 0.4) is 0 Å². The van der Waals surface area contributed by atoms with Crippen LogP contribution >= 0.6 is 0 Å². The Labute approximate surface area is 58.1 Å². The summed E-state index contributed by atoms with van der Waals surface area (Å²) in [5.74, 6) is -0.833. The summed E-state index contributed by atoms with van der Waals surface area (Å²) >= 11 is 0. The van der Waals surface area contributed by atoms with E-state index in [-0.39, 0.29) is 21.9 Å². The first-order valence-corrected chi connectivity index (χ1v) is 1.37. The molecule has 0 radical (unpaired) electrons. The van der Waals surface area contributed by atoms with Crippen LogP contribution in [-0.2, 0) is 4.79 Å². The fraction of sp³-hybridized carbons (Fsp3) is 0.667. The van der Waals surface area contributed by atoms with E-state index in [1.807, 2.05) is 0 Å². The Morgan fingerprint density at radius 3 is 1.00 bits per heavy atom. The van der Waals surface area contributed by atoms with E-state index in [1.165, 1.54) is 0 Å². The van der Waals surface area contributed by atoms with Gasteiger partial charge in [-0.2, -0.15) is 0 Å². The van der Waals surface area contributed by atoms with Gasteiger partial charge in [0.25, 0.3) is 5.97 Å². The summed E-state index contributed by atoms with van der Waals surface area (Å²) in [5, 5.41) is 14.4. The van der Waals surface area contributed by atoms with Crippen molar-refractivity contribution in [2.24, 2.45) is 0 Å². The molecular weight excluding hydrogens is 148 g/mol. The minimum atomic E-state index is -0.833. The van der Waals surface area contributed by atoms with Crippen LogP contribution in [-0.4, -0.2) is 45.2 Å². The first kappa shape index (κ1) is 59.3. The lowest BCUT2D eigenvalue weighted by Crippen LogP contribution is -1.78. The molecule has 0 heterocycles. The fourth-order valence-corrected chi connectivity index (χ4v) is 0. The maximum atomic E-state index is 9.00. The number of hydrogen-bond acceptors (Lipinski definition) is 2. The van der Waals surface area contributed by atoms with Crippen molar-refractivity contribution >= 4 is 5.97 Å². The second-order valence-corrected chi connectivity index (χ2v) is 0.519. The highest BCUT2D eigenvalue weighted by molar-refractivity contribution is 5.62. The molecule has 0 spiro atoms. The van der Waals surface area contributed by atoms with Crippen LogP contribution < -0.4 is 0 Å². The number of carboxylic acids is 1.